The Morgan fingerprint density at radius 3 is 2.45 bits per heavy atom. The predicted octanol–water partition coefficient (Wildman–Crippen LogP) is 3.14. The summed E-state index contributed by atoms with van der Waals surface area (Å²) in [6.07, 6.45) is -5.68. The van der Waals surface area contributed by atoms with Gasteiger partial charge in [-0.15, -0.1) is 4.83 Å². The first kappa shape index (κ1) is 24.9. The maximum absolute atomic E-state index is 12.4. The van der Waals surface area contributed by atoms with Gasteiger partial charge in [0, 0.05) is 12.7 Å². The van der Waals surface area contributed by atoms with Crippen molar-refractivity contribution in [1.82, 2.24) is 10.2 Å². The van der Waals surface area contributed by atoms with Gasteiger partial charge in [-0.05, 0) is 19.4 Å². The molecule has 29 heavy (non-hydrogen) atoms. The highest BCUT2D eigenvalue weighted by molar-refractivity contribution is 7.41. The van der Waals surface area contributed by atoms with E-state index in [2.05, 4.69) is 10.2 Å². The van der Waals surface area contributed by atoms with Gasteiger partial charge in [0.2, 0.25) is 0 Å². The Hall–Kier alpha value is -2.10. The maximum atomic E-state index is 12.4. The Balaban J connectivity index is 2.52. The van der Waals surface area contributed by atoms with Crippen LogP contribution in [0.5, 0.6) is 0 Å². The minimum Gasteiger partial charge on any atom is -0.465 e. The SMILES string of the molecule is CCOC(=O)[C@H](C)N(OCC(F)(F)F)[PH](=O)CCNC(=O)OCc1ccccc1. The molecule has 1 amide bonds. The number of benzene rings is 1. The van der Waals surface area contributed by atoms with Crippen molar-refractivity contribution in [2.24, 2.45) is 0 Å². The standard InChI is InChI=1S/C17H24F3N2O6P/c1-3-26-15(23)13(2)22(28-12-17(18,19)20)29(25)10-9-21-16(24)27-11-14-7-5-4-6-8-14/h4-8,13,29H,3,9-12H2,1-2H3,(H,21,24)/t13-/m0/s1. The van der Waals surface area contributed by atoms with Gasteiger partial charge in [0.1, 0.15) is 12.6 Å². The molecule has 0 aliphatic heterocycles. The van der Waals surface area contributed by atoms with E-state index < -0.39 is 38.8 Å². The van der Waals surface area contributed by atoms with E-state index in [1.165, 1.54) is 13.8 Å². The molecule has 0 fully saturated rings. The Bertz CT molecular complexity index is 675. The second kappa shape index (κ2) is 12.5. The largest absolute Gasteiger partial charge is 0.465 e. The van der Waals surface area contributed by atoms with Crippen LogP contribution in [0.15, 0.2) is 30.3 Å². The topological polar surface area (TPSA) is 94.2 Å². The van der Waals surface area contributed by atoms with Gasteiger partial charge in [-0.3, -0.25) is 9.63 Å². The van der Waals surface area contributed by atoms with Crippen LogP contribution < -0.4 is 5.32 Å². The zero-order valence-corrected chi connectivity index (χ0v) is 17.0. The van der Waals surface area contributed by atoms with Gasteiger partial charge in [0.15, 0.2) is 14.6 Å². The highest BCUT2D eigenvalue weighted by atomic mass is 31.1. The van der Waals surface area contributed by atoms with E-state index in [1.807, 2.05) is 6.07 Å². The lowest BCUT2D eigenvalue weighted by atomic mass is 10.2. The molecule has 0 spiro atoms. The normalized spacial score (nSPS) is 13.6. The summed E-state index contributed by atoms with van der Waals surface area (Å²) in [5, 5.41) is 2.35. The van der Waals surface area contributed by atoms with E-state index in [0.29, 0.717) is 4.83 Å². The van der Waals surface area contributed by atoms with Crippen molar-refractivity contribution in [3.05, 3.63) is 35.9 Å². The number of alkyl halides is 3. The molecule has 0 aliphatic carbocycles. The van der Waals surface area contributed by atoms with Crippen molar-refractivity contribution in [2.75, 3.05) is 25.9 Å². The Morgan fingerprint density at radius 2 is 1.86 bits per heavy atom. The summed E-state index contributed by atoms with van der Waals surface area (Å²) >= 11 is 0. The van der Waals surface area contributed by atoms with E-state index in [1.54, 1.807) is 24.3 Å². The summed E-state index contributed by atoms with van der Waals surface area (Å²) < 4.78 is 59.4. The summed E-state index contributed by atoms with van der Waals surface area (Å²) in [5.74, 6) is -0.872. The van der Waals surface area contributed by atoms with Crippen LogP contribution in [0.25, 0.3) is 0 Å². The number of carbonyl (C=O) groups is 2. The quantitative estimate of drug-likeness (QED) is 0.321. The molecule has 0 saturated carbocycles. The van der Waals surface area contributed by atoms with Crippen LogP contribution in [0, 0.1) is 0 Å². The molecule has 1 rings (SSSR count). The lowest BCUT2D eigenvalue weighted by Crippen LogP contribution is -2.39. The minimum absolute atomic E-state index is 0.00598. The highest BCUT2D eigenvalue weighted by Gasteiger charge is 2.34. The summed E-state index contributed by atoms with van der Waals surface area (Å²) in [6.45, 7) is 0.930. The van der Waals surface area contributed by atoms with Crippen molar-refractivity contribution in [3.63, 3.8) is 0 Å². The summed E-state index contributed by atoms with van der Waals surface area (Å²) in [5.41, 5.74) is 0.770. The first-order valence-electron chi connectivity index (χ1n) is 8.77. The zero-order valence-electron chi connectivity index (χ0n) is 16.0. The van der Waals surface area contributed by atoms with Crippen molar-refractivity contribution in [2.45, 2.75) is 32.7 Å². The van der Waals surface area contributed by atoms with Crippen molar-refractivity contribution in [3.8, 4) is 0 Å². The lowest BCUT2D eigenvalue weighted by molar-refractivity contribution is -0.232. The molecule has 1 aromatic rings. The van der Waals surface area contributed by atoms with E-state index >= 15 is 0 Å². The average molecular weight is 440 g/mol. The first-order chi connectivity index (χ1) is 13.6. The highest BCUT2D eigenvalue weighted by Crippen LogP contribution is 2.31. The number of carbonyl (C=O) groups excluding carboxylic acids is 2. The van der Waals surface area contributed by atoms with Crippen molar-refractivity contribution < 1.29 is 41.6 Å². The molecule has 0 heterocycles. The number of halogens is 3. The van der Waals surface area contributed by atoms with Crippen LogP contribution in [-0.2, 0) is 30.3 Å². The lowest BCUT2D eigenvalue weighted by Gasteiger charge is -2.26. The van der Waals surface area contributed by atoms with Gasteiger partial charge in [-0.1, -0.05) is 30.3 Å². The van der Waals surface area contributed by atoms with Crippen LogP contribution in [0.1, 0.15) is 19.4 Å². The summed E-state index contributed by atoms with van der Waals surface area (Å²) in [6, 6.07) is 7.59. The molecule has 1 N–H and O–H groups in total. The number of ether oxygens (including phenoxy) is 2. The Labute approximate surface area is 167 Å². The molecular weight excluding hydrogens is 416 g/mol. The van der Waals surface area contributed by atoms with E-state index in [0.717, 1.165) is 5.56 Å². The minimum atomic E-state index is -4.67. The van der Waals surface area contributed by atoms with E-state index in [9.17, 15) is 27.3 Å². The smallest absolute Gasteiger partial charge is 0.413 e. The Kier molecular flexibility index (Phi) is 10.7. The molecule has 164 valence electrons. The molecule has 0 aromatic heterocycles. The number of alkyl carbamates (subject to hydrolysis) is 1. The monoisotopic (exact) mass is 440 g/mol. The summed E-state index contributed by atoms with van der Waals surface area (Å²) in [7, 11) is -2.98. The number of amides is 1. The first-order valence-corrected chi connectivity index (χ1v) is 10.3. The average Bonchev–Trinajstić information content (AvgIpc) is 2.66. The van der Waals surface area contributed by atoms with Crippen LogP contribution in [-0.4, -0.2) is 55.0 Å². The molecule has 0 bridgehead atoms. The fraction of sp³-hybridized carbons (Fsp3) is 0.529. The van der Waals surface area contributed by atoms with Crippen LogP contribution in [0.3, 0.4) is 0 Å². The van der Waals surface area contributed by atoms with Crippen LogP contribution in [0.4, 0.5) is 18.0 Å². The fourth-order valence-electron chi connectivity index (χ4n) is 2.06. The van der Waals surface area contributed by atoms with Crippen molar-refractivity contribution in [1.29, 1.82) is 0 Å². The number of rotatable bonds is 11. The second-order valence-electron chi connectivity index (χ2n) is 5.77. The third-order valence-electron chi connectivity index (χ3n) is 3.41. The third-order valence-corrected chi connectivity index (χ3v) is 5.10. The van der Waals surface area contributed by atoms with Gasteiger partial charge in [0.05, 0.1) is 6.61 Å². The number of nitrogens with zero attached hydrogens (tertiary/aromatic N) is 1. The van der Waals surface area contributed by atoms with E-state index in [-0.39, 0.29) is 25.9 Å². The molecule has 2 atom stereocenters. The number of esters is 1. The molecule has 0 radical (unpaired) electrons. The zero-order chi connectivity index (χ0) is 21.9. The molecule has 0 aliphatic rings. The molecule has 12 heteroatoms. The second-order valence-corrected chi connectivity index (χ2v) is 7.50. The third kappa shape index (κ3) is 10.3. The molecule has 8 nitrogen and oxygen atoms in total. The fourth-order valence-corrected chi connectivity index (χ4v) is 3.36. The number of hydrogen-bond donors (Lipinski definition) is 1. The molecule has 1 aromatic carbocycles. The van der Waals surface area contributed by atoms with Crippen LogP contribution >= 0.6 is 7.95 Å². The number of hydroxylamine groups is 1. The summed E-state index contributed by atoms with van der Waals surface area (Å²) in [4.78, 5) is 28.5. The van der Waals surface area contributed by atoms with E-state index in [4.69, 9.17) is 9.47 Å². The number of nitrogens with one attached hydrogen (secondary N) is 1. The van der Waals surface area contributed by atoms with Crippen molar-refractivity contribution >= 4 is 20.0 Å². The predicted molar refractivity (Wildman–Crippen MR) is 98.4 cm³/mol. The van der Waals surface area contributed by atoms with Gasteiger partial charge < -0.3 is 19.4 Å². The molecular formula is C17H24F3N2O6P. The molecule has 0 saturated heterocycles. The van der Waals surface area contributed by atoms with Gasteiger partial charge >= 0.3 is 18.2 Å². The van der Waals surface area contributed by atoms with Gasteiger partial charge in [0.25, 0.3) is 0 Å². The van der Waals surface area contributed by atoms with Gasteiger partial charge in [-0.25, -0.2) is 4.79 Å². The maximum Gasteiger partial charge on any atom is 0.413 e. The Morgan fingerprint density at radius 1 is 1.21 bits per heavy atom. The molecule has 1 unspecified atom stereocenters. The number of hydrogen-bond acceptors (Lipinski definition) is 6. The van der Waals surface area contributed by atoms with Gasteiger partial charge in [-0.2, -0.15) is 13.2 Å². The van der Waals surface area contributed by atoms with Crippen LogP contribution in [0.2, 0.25) is 0 Å².